The van der Waals surface area contributed by atoms with E-state index in [1.807, 2.05) is 36.4 Å². The Morgan fingerprint density at radius 2 is 1.62 bits per heavy atom. The first-order valence-corrected chi connectivity index (χ1v) is 11.4. The summed E-state index contributed by atoms with van der Waals surface area (Å²) in [5.74, 6) is 0. The van der Waals surface area contributed by atoms with Crippen molar-refractivity contribution < 1.29 is 18.3 Å². The highest BCUT2D eigenvalue weighted by Crippen LogP contribution is 2.24. The topological polar surface area (TPSA) is 78.9 Å². The molecule has 158 valence electrons. The van der Waals surface area contributed by atoms with Gasteiger partial charge in [0.1, 0.15) is 0 Å². The number of anilines is 1. The van der Waals surface area contributed by atoms with Gasteiger partial charge in [-0.25, -0.2) is 13.1 Å². The monoisotopic (exact) mass is 418 g/mol. The zero-order valence-corrected chi connectivity index (χ0v) is 18.1. The zero-order chi connectivity index (χ0) is 21.1. The van der Waals surface area contributed by atoms with Crippen molar-refractivity contribution >= 4 is 15.7 Å². The van der Waals surface area contributed by atoms with E-state index in [-0.39, 0.29) is 16.9 Å². The van der Waals surface area contributed by atoms with Crippen molar-refractivity contribution in [3.8, 4) is 0 Å². The van der Waals surface area contributed by atoms with E-state index in [9.17, 15) is 13.5 Å². The fourth-order valence-corrected chi connectivity index (χ4v) is 4.29. The second kappa shape index (κ2) is 8.83. The Balaban J connectivity index is 1.61. The molecular formula is C22H30N2O4S. The maximum absolute atomic E-state index is 12.5. The van der Waals surface area contributed by atoms with E-state index in [0.29, 0.717) is 18.8 Å². The Kier molecular flexibility index (Phi) is 6.63. The molecule has 2 aromatic rings. The molecule has 0 aromatic heterocycles. The lowest BCUT2D eigenvalue weighted by molar-refractivity contribution is 0.122. The lowest BCUT2D eigenvalue weighted by Crippen LogP contribution is -2.36. The number of hydrogen-bond donors (Lipinski definition) is 2. The molecule has 0 amide bonds. The number of aliphatic hydroxyl groups excluding tert-OH is 1. The SMILES string of the molecule is CC(C)(C)c1ccc(S(=O)(=O)NCC(O)c2ccc(N3CCOCC3)cc2)cc1. The minimum atomic E-state index is -3.68. The van der Waals surface area contributed by atoms with Gasteiger partial charge < -0.3 is 14.7 Å². The second-order valence-corrected chi connectivity index (χ2v) is 10.1. The molecule has 1 atom stereocenters. The van der Waals surface area contributed by atoms with Crippen LogP contribution in [0.5, 0.6) is 0 Å². The molecule has 29 heavy (non-hydrogen) atoms. The summed E-state index contributed by atoms with van der Waals surface area (Å²) in [6.45, 7) is 9.26. The van der Waals surface area contributed by atoms with Crippen LogP contribution in [0.15, 0.2) is 53.4 Å². The van der Waals surface area contributed by atoms with Crippen molar-refractivity contribution in [2.45, 2.75) is 37.2 Å². The van der Waals surface area contributed by atoms with Crippen molar-refractivity contribution in [1.29, 1.82) is 0 Å². The first-order valence-electron chi connectivity index (χ1n) is 9.88. The van der Waals surface area contributed by atoms with E-state index in [4.69, 9.17) is 4.74 Å². The van der Waals surface area contributed by atoms with Gasteiger partial charge in [-0.15, -0.1) is 0 Å². The van der Waals surface area contributed by atoms with Gasteiger partial charge in [0.15, 0.2) is 0 Å². The Bertz CT molecular complexity index is 897. The van der Waals surface area contributed by atoms with Crippen molar-refractivity contribution in [3.05, 3.63) is 59.7 Å². The van der Waals surface area contributed by atoms with Crippen LogP contribution in [0.4, 0.5) is 5.69 Å². The summed E-state index contributed by atoms with van der Waals surface area (Å²) in [6, 6.07) is 14.4. The predicted molar refractivity (Wildman–Crippen MR) is 115 cm³/mol. The number of nitrogens with one attached hydrogen (secondary N) is 1. The minimum Gasteiger partial charge on any atom is -0.387 e. The van der Waals surface area contributed by atoms with Gasteiger partial charge >= 0.3 is 0 Å². The Morgan fingerprint density at radius 3 is 2.17 bits per heavy atom. The molecule has 0 bridgehead atoms. The van der Waals surface area contributed by atoms with E-state index >= 15 is 0 Å². The number of nitrogens with zero attached hydrogens (tertiary/aromatic N) is 1. The summed E-state index contributed by atoms with van der Waals surface area (Å²) in [7, 11) is -3.68. The molecule has 1 heterocycles. The smallest absolute Gasteiger partial charge is 0.240 e. The van der Waals surface area contributed by atoms with Crippen LogP contribution in [0.25, 0.3) is 0 Å². The van der Waals surface area contributed by atoms with E-state index in [1.54, 1.807) is 12.1 Å². The molecule has 0 saturated carbocycles. The van der Waals surface area contributed by atoms with Gasteiger partial charge in [0.2, 0.25) is 10.0 Å². The van der Waals surface area contributed by atoms with Gasteiger partial charge in [-0.2, -0.15) is 0 Å². The Labute approximate surface area is 173 Å². The number of hydrogen-bond acceptors (Lipinski definition) is 5. The molecule has 3 rings (SSSR count). The number of morpholine rings is 1. The third-order valence-electron chi connectivity index (χ3n) is 5.15. The van der Waals surface area contributed by atoms with E-state index in [0.717, 1.165) is 24.3 Å². The molecule has 1 aliphatic heterocycles. The summed E-state index contributed by atoms with van der Waals surface area (Å²) in [4.78, 5) is 2.42. The maximum atomic E-state index is 12.5. The number of sulfonamides is 1. The molecule has 0 aliphatic carbocycles. The molecular weight excluding hydrogens is 388 g/mol. The van der Waals surface area contributed by atoms with Crippen LogP contribution in [-0.4, -0.2) is 46.4 Å². The molecule has 2 aromatic carbocycles. The van der Waals surface area contributed by atoms with Gasteiger partial charge in [0.25, 0.3) is 0 Å². The standard InChI is InChI=1S/C22H30N2O4S/c1-22(2,3)18-6-10-20(11-7-18)29(26,27)23-16-21(25)17-4-8-19(9-5-17)24-12-14-28-15-13-24/h4-11,21,23,25H,12-16H2,1-3H3. The van der Waals surface area contributed by atoms with Crippen LogP contribution in [0.2, 0.25) is 0 Å². The molecule has 6 nitrogen and oxygen atoms in total. The first kappa shape index (κ1) is 21.8. The molecule has 1 fully saturated rings. The van der Waals surface area contributed by atoms with Gasteiger partial charge in [0, 0.05) is 25.3 Å². The third-order valence-corrected chi connectivity index (χ3v) is 6.59. The van der Waals surface area contributed by atoms with E-state index in [2.05, 4.69) is 30.4 Å². The second-order valence-electron chi connectivity index (χ2n) is 8.33. The zero-order valence-electron chi connectivity index (χ0n) is 17.3. The van der Waals surface area contributed by atoms with Crippen LogP contribution in [0, 0.1) is 0 Å². The molecule has 0 spiro atoms. The molecule has 1 saturated heterocycles. The van der Waals surface area contributed by atoms with E-state index in [1.165, 1.54) is 0 Å². The number of ether oxygens (including phenoxy) is 1. The number of aliphatic hydroxyl groups is 1. The fraction of sp³-hybridized carbons (Fsp3) is 0.455. The lowest BCUT2D eigenvalue weighted by atomic mass is 9.87. The average Bonchev–Trinajstić information content (AvgIpc) is 2.72. The van der Waals surface area contributed by atoms with Crippen LogP contribution in [0.1, 0.15) is 38.0 Å². The molecule has 2 N–H and O–H groups in total. The quantitative estimate of drug-likeness (QED) is 0.754. The predicted octanol–water partition coefficient (Wildman–Crippen LogP) is 2.83. The fourth-order valence-electron chi connectivity index (χ4n) is 3.25. The van der Waals surface area contributed by atoms with Gasteiger partial charge in [0.05, 0.1) is 24.2 Å². The summed E-state index contributed by atoms with van der Waals surface area (Å²) < 4.78 is 33.0. The van der Waals surface area contributed by atoms with Crippen molar-refractivity contribution in [1.82, 2.24) is 4.72 Å². The van der Waals surface area contributed by atoms with Gasteiger partial charge in [-0.3, -0.25) is 0 Å². The molecule has 1 unspecified atom stereocenters. The summed E-state index contributed by atoms with van der Waals surface area (Å²) in [6.07, 6.45) is -0.919. The van der Waals surface area contributed by atoms with Crippen LogP contribution >= 0.6 is 0 Å². The molecule has 7 heteroatoms. The maximum Gasteiger partial charge on any atom is 0.240 e. The van der Waals surface area contributed by atoms with Crippen molar-refractivity contribution in [2.24, 2.45) is 0 Å². The highest BCUT2D eigenvalue weighted by molar-refractivity contribution is 7.89. The van der Waals surface area contributed by atoms with Crippen LogP contribution in [0.3, 0.4) is 0 Å². The van der Waals surface area contributed by atoms with Crippen LogP contribution < -0.4 is 9.62 Å². The Morgan fingerprint density at radius 1 is 1.03 bits per heavy atom. The third kappa shape index (κ3) is 5.57. The van der Waals surface area contributed by atoms with Gasteiger partial charge in [-0.05, 0) is 40.8 Å². The number of benzene rings is 2. The normalized spacial score (nSPS) is 16.6. The van der Waals surface area contributed by atoms with Crippen LogP contribution in [-0.2, 0) is 20.2 Å². The highest BCUT2D eigenvalue weighted by atomic mass is 32.2. The highest BCUT2D eigenvalue weighted by Gasteiger charge is 2.19. The van der Waals surface area contributed by atoms with Crippen molar-refractivity contribution in [3.63, 3.8) is 0 Å². The molecule has 0 radical (unpaired) electrons. The largest absolute Gasteiger partial charge is 0.387 e. The lowest BCUT2D eigenvalue weighted by Gasteiger charge is -2.29. The van der Waals surface area contributed by atoms with E-state index < -0.39 is 16.1 Å². The van der Waals surface area contributed by atoms with Crippen molar-refractivity contribution in [2.75, 3.05) is 37.7 Å². The Hall–Kier alpha value is -1.93. The minimum absolute atomic E-state index is 0.0424. The van der Waals surface area contributed by atoms with Gasteiger partial charge in [-0.1, -0.05) is 45.0 Å². The average molecular weight is 419 g/mol. The summed E-state index contributed by atoms with van der Waals surface area (Å²) >= 11 is 0. The summed E-state index contributed by atoms with van der Waals surface area (Å²) in [5.41, 5.74) is 2.77. The first-order chi connectivity index (χ1) is 13.7. The summed E-state index contributed by atoms with van der Waals surface area (Å²) in [5, 5.41) is 10.4. The number of rotatable bonds is 6. The molecule has 1 aliphatic rings.